The molecule has 2 N–H and O–H groups in total. The van der Waals surface area contributed by atoms with Gasteiger partial charge in [-0.05, 0) is 38.5 Å². The van der Waals surface area contributed by atoms with Crippen LogP contribution in [0.15, 0.2) is 0 Å². The van der Waals surface area contributed by atoms with Gasteiger partial charge < -0.3 is 10.2 Å². The van der Waals surface area contributed by atoms with Crippen LogP contribution in [-0.2, 0) is 4.79 Å². The molecule has 2 aliphatic carbocycles. The lowest BCUT2D eigenvalue weighted by Crippen LogP contribution is -2.50. The summed E-state index contributed by atoms with van der Waals surface area (Å²) in [6.45, 7) is 0. The normalized spacial score (nSPS) is 36.6. The summed E-state index contributed by atoms with van der Waals surface area (Å²) in [5.41, 5.74) is -3.01. The molecular weight excluding hydrogens is 237 g/mol. The molecule has 2 unspecified atom stereocenters. The zero-order valence-electron chi connectivity index (χ0n) is 9.26. The van der Waals surface area contributed by atoms with Gasteiger partial charge >= 0.3 is 12.1 Å². The van der Waals surface area contributed by atoms with Crippen LogP contribution in [0.4, 0.5) is 13.2 Å². The van der Waals surface area contributed by atoms with E-state index >= 15 is 0 Å². The Balaban J connectivity index is 2.19. The van der Waals surface area contributed by atoms with Crippen molar-refractivity contribution in [2.24, 2.45) is 11.3 Å². The second-order valence-corrected chi connectivity index (χ2v) is 5.25. The summed E-state index contributed by atoms with van der Waals surface area (Å²) in [5.74, 6) is -2.74. The maximum absolute atomic E-state index is 12.6. The van der Waals surface area contributed by atoms with E-state index in [1.54, 1.807) is 0 Å². The lowest BCUT2D eigenvalue weighted by atomic mass is 9.69. The molecule has 2 atom stereocenters. The average Bonchev–Trinajstić information content (AvgIpc) is 2.96. The first-order valence-corrected chi connectivity index (χ1v) is 5.74. The van der Waals surface area contributed by atoms with Crippen LogP contribution in [-0.4, -0.2) is 28.0 Å². The summed E-state index contributed by atoms with van der Waals surface area (Å²) in [5, 5.41) is 19.4. The van der Waals surface area contributed by atoms with Crippen LogP contribution in [0.25, 0.3) is 0 Å². The Labute approximate surface area is 96.6 Å². The molecule has 0 heterocycles. The number of aliphatic hydroxyl groups is 1. The molecule has 98 valence electrons. The summed E-state index contributed by atoms with van der Waals surface area (Å²) < 4.78 is 37.9. The van der Waals surface area contributed by atoms with Crippen LogP contribution in [0.3, 0.4) is 0 Å². The smallest absolute Gasteiger partial charge is 0.391 e. The third kappa shape index (κ3) is 1.92. The van der Waals surface area contributed by atoms with E-state index in [4.69, 9.17) is 5.11 Å². The number of carbonyl (C=O) groups is 1. The molecule has 6 heteroatoms. The van der Waals surface area contributed by atoms with Crippen LogP contribution in [0.2, 0.25) is 0 Å². The van der Waals surface area contributed by atoms with Crippen molar-refractivity contribution >= 4 is 5.97 Å². The van der Waals surface area contributed by atoms with Gasteiger partial charge in [0.2, 0.25) is 0 Å². The number of halogens is 3. The summed E-state index contributed by atoms with van der Waals surface area (Å²) in [6, 6.07) is 0. The molecule has 0 radical (unpaired) electrons. The van der Waals surface area contributed by atoms with Crippen molar-refractivity contribution in [3.8, 4) is 0 Å². The summed E-state index contributed by atoms with van der Waals surface area (Å²) >= 11 is 0. The lowest BCUT2D eigenvalue weighted by molar-refractivity contribution is -0.212. The standard InChI is InChI=1S/C11H15F3O3/c12-11(13,14)7-2-1-3-10(17,6-7)9(4-5-9)8(15)16/h7,17H,1-6H2,(H,15,16). The molecule has 0 aliphatic heterocycles. The van der Waals surface area contributed by atoms with Crippen LogP contribution in [0.1, 0.15) is 38.5 Å². The van der Waals surface area contributed by atoms with Gasteiger partial charge in [0.15, 0.2) is 0 Å². The molecule has 3 nitrogen and oxygen atoms in total. The minimum Gasteiger partial charge on any atom is -0.481 e. The van der Waals surface area contributed by atoms with Gasteiger partial charge in [0, 0.05) is 0 Å². The van der Waals surface area contributed by atoms with Crippen LogP contribution in [0, 0.1) is 11.3 Å². The topological polar surface area (TPSA) is 57.5 Å². The monoisotopic (exact) mass is 252 g/mol. The van der Waals surface area contributed by atoms with Gasteiger partial charge in [0.25, 0.3) is 0 Å². The van der Waals surface area contributed by atoms with E-state index in [1.165, 1.54) is 0 Å². The fourth-order valence-corrected chi connectivity index (χ4v) is 2.97. The van der Waals surface area contributed by atoms with E-state index in [1.807, 2.05) is 0 Å². The van der Waals surface area contributed by atoms with Gasteiger partial charge in [0.1, 0.15) is 0 Å². The highest BCUT2D eigenvalue weighted by Gasteiger charge is 2.66. The molecule has 0 aromatic carbocycles. The zero-order valence-corrected chi connectivity index (χ0v) is 9.26. The van der Waals surface area contributed by atoms with Gasteiger partial charge in [-0.2, -0.15) is 13.2 Å². The van der Waals surface area contributed by atoms with E-state index in [-0.39, 0.29) is 32.1 Å². The highest BCUT2D eigenvalue weighted by Crippen LogP contribution is 2.60. The van der Waals surface area contributed by atoms with Gasteiger partial charge in [-0.25, -0.2) is 0 Å². The van der Waals surface area contributed by atoms with Crippen molar-refractivity contribution < 1.29 is 28.2 Å². The third-order valence-corrected chi connectivity index (χ3v) is 4.24. The van der Waals surface area contributed by atoms with Crippen molar-refractivity contribution in [2.75, 3.05) is 0 Å². The molecule has 0 saturated heterocycles. The van der Waals surface area contributed by atoms with Crippen molar-refractivity contribution in [1.82, 2.24) is 0 Å². The Hall–Kier alpha value is -0.780. The van der Waals surface area contributed by atoms with E-state index in [0.717, 1.165) is 0 Å². The average molecular weight is 252 g/mol. The first-order valence-electron chi connectivity index (χ1n) is 5.74. The van der Waals surface area contributed by atoms with Crippen LogP contribution in [0.5, 0.6) is 0 Å². The number of carboxylic acid groups (broad SMARTS) is 1. The van der Waals surface area contributed by atoms with E-state index in [0.29, 0.717) is 0 Å². The zero-order chi connectivity index (χ0) is 12.9. The number of hydrogen-bond acceptors (Lipinski definition) is 2. The number of rotatable bonds is 2. The molecular formula is C11H15F3O3. The second-order valence-electron chi connectivity index (χ2n) is 5.25. The highest BCUT2D eigenvalue weighted by molar-refractivity contribution is 5.79. The molecule has 0 spiro atoms. The Kier molecular flexibility index (Phi) is 2.69. The molecule has 2 aliphatic rings. The second kappa shape index (κ2) is 3.60. The summed E-state index contributed by atoms with van der Waals surface area (Å²) in [6.07, 6.45) is -3.87. The van der Waals surface area contributed by atoms with Gasteiger partial charge in [-0.3, -0.25) is 4.79 Å². The first-order chi connectivity index (χ1) is 7.71. The molecule has 2 rings (SSSR count). The predicted octanol–water partition coefficient (Wildman–Crippen LogP) is 2.33. The molecule has 0 bridgehead atoms. The fraction of sp³-hybridized carbons (Fsp3) is 0.909. The van der Waals surface area contributed by atoms with Gasteiger partial charge in [-0.1, -0.05) is 0 Å². The van der Waals surface area contributed by atoms with Gasteiger partial charge in [-0.15, -0.1) is 0 Å². The quantitative estimate of drug-likeness (QED) is 0.793. The van der Waals surface area contributed by atoms with E-state index in [2.05, 4.69) is 0 Å². The third-order valence-electron chi connectivity index (χ3n) is 4.24. The Morgan fingerprint density at radius 2 is 1.82 bits per heavy atom. The van der Waals surface area contributed by atoms with Crippen molar-refractivity contribution in [1.29, 1.82) is 0 Å². The number of aliphatic carboxylic acids is 1. The number of carboxylic acids is 1. The molecule has 17 heavy (non-hydrogen) atoms. The van der Waals surface area contributed by atoms with E-state index in [9.17, 15) is 23.1 Å². The minimum absolute atomic E-state index is 0.0124. The number of alkyl halides is 3. The fourth-order valence-electron chi connectivity index (χ4n) is 2.97. The predicted molar refractivity (Wildman–Crippen MR) is 52.3 cm³/mol. The Bertz CT molecular complexity index is 335. The highest BCUT2D eigenvalue weighted by atomic mass is 19.4. The van der Waals surface area contributed by atoms with E-state index < -0.39 is 35.5 Å². The van der Waals surface area contributed by atoms with Gasteiger partial charge in [0.05, 0.1) is 16.9 Å². The summed E-state index contributed by atoms with van der Waals surface area (Å²) in [7, 11) is 0. The largest absolute Gasteiger partial charge is 0.481 e. The molecule has 2 saturated carbocycles. The Morgan fingerprint density at radius 1 is 1.24 bits per heavy atom. The SMILES string of the molecule is O=C(O)C1(C2(O)CCCC(C(F)(F)F)C2)CC1. The maximum Gasteiger partial charge on any atom is 0.391 e. The minimum atomic E-state index is -4.34. The first kappa shape index (κ1) is 12.7. The van der Waals surface area contributed by atoms with Crippen LogP contribution < -0.4 is 0 Å². The molecule has 0 amide bonds. The molecule has 0 aromatic rings. The van der Waals surface area contributed by atoms with Crippen LogP contribution >= 0.6 is 0 Å². The van der Waals surface area contributed by atoms with Crippen molar-refractivity contribution in [2.45, 2.75) is 50.3 Å². The maximum atomic E-state index is 12.6. The molecule has 2 fully saturated rings. The summed E-state index contributed by atoms with van der Waals surface area (Å²) in [4.78, 5) is 11.1. The van der Waals surface area contributed by atoms with Crippen molar-refractivity contribution in [3.63, 3.8) is 0 Å². The van der Waals surface area contributed by atoms with Crippen molar-refractivity contribution in [3.05, 3.63) is 0 Å². The Morgan fingerprint density at radius 3 is 2.24 bits per heavy atom. The lowest BCUT2D eigenvalue weighted by Gasteiger charge is -2.41. The molecule has 0 aromatic heterocycles. The number of hydrogen-bond donors (Lipinski definition) is 2.